The molecule has 2 rings (SSSR count). The number of carbonyl (C=O) groups excluding carboxylic acids is 1. The Labute approximate surface area is 166 Å². The number of rotatable bonds is 10. The van der Waals surface area contributed by atoms with Crippen LogP contribution < -0.4 is 18.9 Å². The van der Waals surface area contributed by atoms with Crippen LogP contribution in [0.4, 0.5) is 0 Å². The van der Waals surface area contributed by atoms with Gasteiger partial charge in [-0.05, 0) is 58.0 Å². The second kappa shape index (κ2) is 9.99. The summed E-state index contributed by atoms with van der Waals surface area (Å²) in [6.45, 7) is 7.50. The molecule has 0 aliphatic rings. The summed E-state index contributed by atoms with van der Waals surface area (Å²) in [5, 5.41) is 0. The predicted octanol–water partition coefficient (Wildman–Crippen LogP) is 4.50. The zero-order valence-corrected chi connectivity index (χ0v) is 17.2. The van der Waals surface area contributed by atoms with Crippen LogP contribution in [0.1, 0.15) is 38.1 Å². The van der Waals surface area contributed by atoms with Gasteiger partial charge in [-0.25, -0.2) is 0 Å². The van der Waals surface area contributed by atoms with E-state index in [1.54, 1.807) is 56.7 Å². The van der Waals surface area contributed by atoms with Crippen LogP contribution >= 0.6 is 0 Å². The second-order valence-corrected chi connectivity index (χ2v) is 6.71. The van der Waals surface area contributed by atoms with E-state index < -0.39 is 6.29 Å². The fraction of sp³-hybridized carbons (Fsp3) is 0.409. The number of methoxy groups -OCH3 is 2. The lowest BCUT2D eigenvalue weighted by atomic mass is 10.1. The largest absolute Gasteiger partial charge is 0.497 e. The van der Waals surface area contributed by atoms with Crippen molar-refractivity contribution in [2.75, 3.05) is 14.2 Å². The van der Waals surface area contributed by atoms with Crippen LogP contribution in [0.3, 0.4) is 0 Å². The molecule has 6 heteroatoms. The quantitative estimate of drug-likeness (QED) is 0.441. The molecule has 0 fully saturated rings. The van der Waals surface area contributed by atoms with Crippen molar-refractivity contribution in [3.05, 3.63) is 48.0 Å². The lowest BCUT2D eigenvalue weighted by Crippen LogP contribution is -2.33. The van der Waals surface area contributed by atoms with Crippen molar-refractivity contribution in [2.24, 2.45) is 0 Å². The Morgan fingerprint density at radius 3 is 2.11 bits per heavy atom. The highest BCUT2D eigenvalue weighted by atomic mass is 16.7. The van der Waals surface area contributed by atoms with Gasteiger partial charge in [-0.3, -0.25) is 4.79 Å². The molecule has 6 nitrogen and oxygen atoms in total. The molecule has 0 saturated heterocycles. The van der Waals surface area contributed by atoms with Gasteiger partial charge in [-0.1, -0.05) is 6.07 Å². The van der Waals surface area contributed by atoms with Gasteiger partial charge in [0.15, 0.2) is 11.5 Å². The molecule has 0 amide bonds. The molecule has 2 aromatic carbocycles. The molecular formula is C22H28O6. The van der Waals surface area contributed by atoms with Crippen molar-refractivity contribution < 1.29 is 28.5 Å². The van der Waals surface area contributed by atoms with Crippen LogP contribution in [0, 0.1) is 0 Å². The summed E-state index contributed by atoms with van der Waals surface area (Å²) in [6, 6.07) is 12.0. The third-order valence-corrected chi connectivity index (χ3v) is 3.70. The zero-order valence-electron chi connectivity index (χ0n) is 17.2. The predicted molar refractivity (Wildman–Crippen MR) is 107 cm³/mol. The minimum absolute atomic E-state index is 0.0602. The van der Waals surface area contributed by atoms with Gasteiger partial charge in [0.05, 0.1) is 26.4 Å². The van der Waals surface area contributed by atoms with E-state index in [2.05, 4.69) is 0 Å². The summed E-state index contributed by atoms with van der Waals surface area (Å²) in [6.07, 6.45) is -1.37. The van der Waals surface area contributed by atoms with Gasteiger partial charge in [-0.2, -0.15) is 0 Å². The normalized spacial score (nSPS) is 12.0. The minimum atomic E-state index is -1.10. The SMILES string of the molecule is COc1cccc(OC(OC(C)C)C(=O)c2ccc(OC)c(OC(C)C)c2)c1. The number of benzene rings is 2. The van der Waals surface area contributed by atoms with Gasteiger partial charge in [-0.15, -0.1) is 0 Å². The van der Waals surface area contributed by atoms with E-state index in [-0.39, 0.29) is 18.0 Å². The first kappa shape index (κ1) is 21.6. The van der Waals surface area contributed by atoms with Crippen molar-refractivity contribution in [2.45, 2.75) is 46.2 Å². The highest BCUT2D eigenvalue weighted by molar-refractivity contribution is 5.99. The maximum absolute atomic E-state index is 13.1. The molecule has 0 spiro atoms. The van der Waals surface area contributed by atoms with E-state index in [1.165, 1.54) is 0 Å². The number of hydrogen-bond acceptors (Lipinski definition) is 6. The monoisotopic (exact) mass is 388 g/mol. The summed E-state index contributed by atoms with van der Waals surface area (Å²) >= 11 is 0. The van der Waals surface area contributed by atoms with Gasteiger partial charge in [0, 0.05) is 11.6 Å². The third-order valence-electron chi connectivity index (χ3n) is 3.70. The Hall–Kier alpha value is -2.73. The summed E-state index contributed by atoms with van der Waals surface area (Å²) in [5.41, 5.74) is 0.407. The second-order valence-electron chi connectivity index (χ2n) is 6.71. The zero-order chi connectivity index (χ0) is 20.7. The van der Waals surface area contributed by atoms with E-state index in [0.717, 1.165) is 0 Å². The standard InChI is InChI=1S/C22H28O6/c1-14(2)26-20-12-16(10-11-19(20)25-6)21(23)22(27-15(3)4)28-18-9-7-8-17(13-18)24-5/h7-15,22H,1-6H3. The summed E-state index contributed by atoms with van der Waals surface area (Å²) in [7, 11) is 3.13. The van der Waals surface area contributed by atoms with Crippen LogP contribution in [-0.4, -0.2) is 38.5 Å². The highest BCUT2D eigenvalue weighted by Crippen LogP contribution is 2.30. The van der Waals surface area contributed by atoms with Crippen LogP contribution in [0.5, 0.6) is 23.0 Å². The van der Waals surface area contributed by atoms with Gasteiger partial charge in [0.1, 0.15) is 11.5 Å². The smallest absolute Gasteiger partial charge is 0.264 e. The van der Waals surface area contributed by atoms with Crippen molar-refractivity contribution in [1.82, 2.24) is 0 Å². The minimum Gasteiger partial charge on any atom is -0.497 e. The molecule has 0 aromatic heterocycles. The Kier molecular flexibility index (Phi) is 7.70. The van der Waals surface area contributed by atoms with E-state index in [1.807, 2.05) is 27.7 Å². The highest BCUT2D eigenvalue weighted by Gasteiger charge is 2.25. The molecule has 0 saturated carbocycles. The molecule has 0 aliphatic carbocycles. The molecule has 0 bridgehead atoms. The van der Waals surface area contributed by atoms with Crippen molar-refractivity contribution in [3.63, 3.8) is 0 Å². The van der Waals surface area contributed by atoms with Gasteiger partial charge < -0.3 is 23.7 Å². The summed E-state index contributed by atoms with van der Waals surface area (Å²) in [5.74, 6) is 1.84. The number of ketones is 1. The first-order valence-electron chi connectivity index (χ1n) is 9.19. The molecule has 0 heterocycles. The Bertz CT molecular complexity index is 784. The van der Waals surface area contributed by atoms with Crippen molar-refractivity contribution >= 4 is 5.78 Å². The van der Waals surface area contributed by atoms with E-state index in [0.29, 0.717) is 28.6 Å². The Balaban J connectivity index is 2.31. The van der Waals surface area contributed by atoms with Crippen molar-refractivity contribution in [3.8, 4) is 23.0 Å². The molecule has 2 aromatic rings. The molecular weight excluding hydrogens is 360 g/mol. The van der Waals surface area contributed by atoms with Crippen LogP contribution in [0.15, 0.2) is 42.5 Å². The lowest BCUT2D eigenvalue weighted by Gasteiger charge is -2.21. The van der Waals surface area contributed by atoms with E-state index in [4.69, 9.17) is 23.7 Å². The number of hydrogen-bond donors (Lipinski definition) is 0. The van der Waals surface area contributed by atoms with Gasteiger partial charge in [0.25, 0.3) is 6.29 Å². The average Bonchev–Trinajstić information content (AvgIpc) is 2.66. The third kappa shape index (κ3) is 5.89. The van der Waals surface area contributed by atoms with Gasteiger partial charge >= 0.3 is 0 Å². The van der Waals surface area contributed by atoms with Crippen LogP contribution in [0.2, 0.25) is 0 Å². The Morgan fingerprint density at radius 2 is 1.50 bits per heavy atom. The molecule has 1 atom stereocenters. The summed E-state index contributed by atoms with van der Waals surface area (Å²) in [4.78, 5) is 13.1. The van der Waals surface area contributed by atoms with E-state index in [9.17, 15) is 4.79 Å². The van der Waals surface area contributed by atoms with Crippen molar-refractivity contribution in [1.29, 1.82) is 0 Å². The maximum atomic E-state index is 13.1. The van der Waals surface area contributed by atoms with Crippen LogP contribution in [0.25, 0.3) is 0 Å². The first-order valence-corrected chi connectivity index (χ1v) is 9.19. The molecule has 28 heavy (non-hydrogen) atoms. The fourth-order valence-electron chi connectivity index (χ4n) is 2.50. The molecule has 1 unspecified atom stereocenters. The van der Waals surface area contributed by atoms with Gasteiger partial charge in [0.2, 0.25) is 5.78 Å². The molecule has 0 radical (unpaired) electrons. The van der Waals surface area contributed by atoms with E-state index >= 15 is 0 Å². The first-order chi connectivity index (χ1) is 13.3. The molecule has 0 aliphatic heterocycles. The number of ether oxygens (including phenoxy) is 5. The number of Topliss-reactive ketones (excluding diaryl/α,β-unsaturated/α-hetero) is 1. The fourth-order valence-corrected chi connectivity index (χ4v) is 2.50. The maximum Gasteiger partial charge on any atom is 0.264 e. The molecule has 0 N–H and O–H groups in total. The summed E-state index contributed by atoms with van der Waals surface area (Å²) < 4.78 is 27.9. The average molecular weight is 388 g/mol. The Morgan fingerprint density at radius 1 is 0.786 bits per heavy atom. The molecule has 152 valence electrons. The lowest BCUT2D eigenvalue weighted by molar-refractivity contribution is -0.0822. The van der Waals surface area contributed by atoms with Crippen LogP contribution in [-0.2, 0) is 4.74 Å². The number of carbonyl (C=O) groups is 1. The topological polar surface area (TPSA) is 63.2 Å².